The number of hydrogen-bond acceptors (Lipinski definition) is 2. The molecule has 0 saturated heterocycles. The molecule has 1 unspecified atom stereocenters. The molecule has 0 N–H and O–H groups in total. The van der Waals surface area contributed by atoms with Gasteiger partial charge < -0.3 is 9.80 Å². The lowest BCUT2D eigenvalue weighted by Crippen LogP contribution is -2.39. The highest BCUT2D eigenvalue weighted by atomic mass is 15.4. The summed E-state index contributed by atoms with van der Waals surface area (Å²) < 4.78 is 0. The molecule has 0 spiro atoms. The third-order valence-corrected chi connectivity index (χ3v) is 7.07. The van der Waals surface area contributed by atoms with E-state index in [1.807, 2.05) is 0 Å². The zero-order chi connectivity index (χ0) is 22.4. The van der Waals surface area contributed by atoms with Crippen molar-refractivity contribution in [1.82, 2.24) is 9.80 Å². The number of nitrogens with zero attached hydrogens (tertiary/aromatic N) is 2. The van der Waals surface area contributed by atoms with Crippen LogP contribution in [-0.2, 0) is 0 Å². The standard InChI is InChI=1S/C29H58N2/c1-4-7-10-13-15-16-18-21-24-29-30(25-22-19-12-9-6-3)27-28-31(29)26-23-20-17-14-11-8-5-2/h27-29H,4-26H2,1-3H3. The molecule has 2 heteroatoms. The van der Waals surface area contributed by atoms with E-state index in [1.54, 1.807) is 0 Å². The second-order valence-electron chi connectivity index (χ2n) is 10.1. The first-order valence-corrected chi connectivity index (χ1v) is 14.5. The van der Waals surface area contributed by atoms with E-state index in [0.717, 1.165) is 0 Å². The maximum atomic E-state index is 2.68. The van der Waals surface area contributed by atoms with Gasteiger partial charge in [0.05, 0.1) is 0 Å². The molecule has 1 heterocycles. The minimum absolute atomic E-state index is 0.645. The van der Waals surface area contributed by atoms with Crippen LogP contribution in [0.1, 0.15) is 156 Å². The van der Waals surface area contributed by atoms with Crippen molar-refractivity contribution < 1.29 is 0 Å². The molecule has 0 radical (unpaired) electrons. The Hall–Kier alpha value is -0.660. The quantitative estimate of drug-likeness (QED) is 0.148. The zero-order valence-corrected chi connectivity index (χ0v) is 21.9. The topological polar surface area (TPSA) is 6.48 Å². The van der Waals surface area contributed by atoms with Crippen LogP contribution in [0.2, 0.25) is 0 Å². The summed E-state index contributed by atoms with van der Waals surface area (Å²) in [6.45, 7) is 9.45. The van der Waals surface area contributed by atoms with E-state index in [-0.39, 0.29) is 0 Å². The van der Waals surface area contributed by atoms with Crippen LogP contribution >= 0.6 is 0 Å². The predicted octanol–water partition coefficient (Wildman–Crippen LogP) is 9.65. The first kappa shape index (κ1) is 28.4. The van der Waals surface area contributed by atoms with Gasteiger partial charge in [-0.2, -0.15) is 0 Å². The van der Waals surface area contributed by atoms with Crippen molar-refractivity contribution in [1.29, 1.82) is 0 Å². The molecule has 0 aromatic rings. The summed E-state index contributed by atoms with van der Waals surface area (Å²) in [7, 11) is 0. The summed E-state index contributed by atoms with van der Waals surface area (Å²) >= 11 is 0. The van der Waals surface area contributed by atoms with Gasteiger partial charge in [-0.15, -0.1) is 0 Å². The first-order valence-electron chi connectivity index (χ1n) is 14.5. The highest BCUT2D eigenvalue weighted by molar-refractivity contribution is 4.97. The molecule has 184 valence electrons. The fourth-order valence-corrected chi connectivity index (χ4v) is 4.95. The van der Waals surface area contributed by atoms with Crippen LogP contribution in [0.4, 0.5) is 0 Å². The van der Waals surface area contributed by atoms with Gasteiger partial charge in [-0.3, -0.25) is 0 Å². The second kappa shape index (κ2) is 21.2. The predicted molar refractivity (Wildman–Crippen MR) is 140 cm³/mol. The zero-order valence-electron chi connectivity index (χ0n) is 21.9. The Morgan fingerprint density at radius 2 is 0.742 bits per heavy atom. The lowest BCUT2D eigenvalue weighted by Gasteiger charge is -2.33. The molecule has 2 nitrogen and oxygen atoms in total. The smallest absolute Gasteiger partial charge is 0.101 e. The van der Waals surface area contributed by atoms with Gasteiger partial charge >= 0.3 is 0 Å². The normalized spacial score (nSPS) is 16.0. The van der Waals surface area contributed by atoms with Crippen LogP contribution < -0.4 is 0 Å². The maximum Gasteiger partial charge on any atom is 0.101 e. The summed E-state index contributed by atoms with van der Waals surface area (Å²) in [6.07, 6.45) is 35.0. The number of rotatable bonds is 23. The number of unbranched alkanes of at least 4 members (excludes halogenated alkanes) is 17. The highest BCUT2D eigenvalue weighted by Crippen LogP contribution is 2.24. The Kier molecular flexibility index (Phi) is 19.4. The fourth-order valence-electron chi connectivity index (χ4n) is 4.95. The molecule has 1 aliphatic rings. The highest BCUT2D eigenvalue weighted by Gasteiger charge is 2.24. The molecule has 1 atom stereocenters. The van der Waals surface area contributed by atoms with Crippen molar-refractivity contribution >= 4 is 0 Å². The largest absolute Gasteiger partial charge is 0.356 e. The molecule has 0 bridgehead atoms. The molecule has 0 aromatic heterocycles. The Morgan fingerprint density at radius 3 is 1.13 bits per heavy atom. The molecule has 0 fully saturated rings. The molecule has 1 aliphatic heterocycles. The van der Waals surface area contributed by atoms with Crippen molar-refractivity contribution in [3.05, 3.63) is 12.4 Å². The van der Waals surface area contributed by atoms with Crippen molar-refractivity contribution in [2.75, 3.05) is 13.1 Å². The lowest BCUT2D eigenvalue weighted by atomic mass is 10.1. The second-order valence-corrected chi connectivity index (χ2v) is 10.1. The van der Waals surface area contributed by atoms with Crippen molar-refractivity contribution in [3.63, 3.8) is 0 Å². The monoisotopic (exact) mass is 434 g/mol. The average molecular weight is 435 g/mol. The summed E-state index contributed by atoms with van der Waals surface area (Å²) in [5, 5.41) is 0. The van der Waals surface area contributed by atoms with Crippen LogP contribution in [-0.4, -0.2) is 29.1 Å². The van der Waals surface area contributed by atoms with Gasteiger partial charge in [0, 0.05) is 25.5 Å². The molecule has 0 amide bonds. The van der Waals surface area contributed by atoms with E-state index in [2.05, 4.69) is 43.0 Å². The lowest BCUT2D eigenvalue weighted by molar-refractivity contribution is 0.135. The van der Waals surface area contributed by atoms with Gasteiger partial charge in [0.25, 0.3) is 0 Å². The molecule has 0 aliphatic carbocycles. The van der Waals surface area contributed by atoms with Gasteiger partial charge in [-0.25, -0.2) is 0 Å². The first-order chi connectivity index (χ1) is 15.3. The molecule has 31 heavy (non-hydrogen) atoms. The Labute approximate surface area is 197 Å². The molecule has 0 aromatic carbocycles. The average Bonchev–Trinajstić information content (AvgIpc) is 3.16. The summed E-state index contributed by atoms with van der Waals surface area (Å²) in [4.78, 5) is 5.35. The summed E-state index contributed by atoms with van der Waals surface area (Å²) in [6, 6.07) is 0. The summed E-state index contributed by atoms with van der Waals surface area (Å²) in [5.74, 6) is 0. The Bertz CT molecular complexity index is 392. The van der Waals surface area contributed by atoms with Gasteiger partial charge in [0.15, 0.2) is 0 Å². The fraction of sp³-hybridized carbons (Fsp3) is 0.931. The van der Waals surface area contributed by atoms with Gasteiger partial charge in [-0.1, -0.05) is 130 Å². The molecular weight excluding hydrogens is 376 g/mol. The molecular formula is C29H58N2. The van der Waals surface area contributed by atoms with Crippen LogP contribution in [0.3, 0.4) is 0 Å². The Balaban J connectivity index is 2.28. The van der Waals surface area contributed by atoms with E-state index < -0.39 is 0 Å². The molecule has 0 saturated carbocycles. The van der Waals surface area contributed by atoms with Crippen LogP contribution in [0.5, 0.6) is 0 Å². The van der Waals surface area contributed by atoms with Crippen LogP contribution in [0.25, 0.3) is 0 Å². The van der Waals surface area contributed by atoms with E-state index in [0.29, 0.717) is 6.17 Å². The van der Waals surface area contributed by atoms with Crippen LogP contribution in [0.15, 0.2) is 12.4 Å². The minimum atomic E-state index is 0.645. The van der Waals surface area contributed by atoms with Gasteiger partial charge in [-0.05, 0) is 25.7 Å². The van der Waals surface area contributed by atoms with E-state index in [9.17, 15) is 0 Å². The van der Waals surface area contributed by atoms with Gasteiger partial charge in [0.2, 0.25) is 0 Å². The number of hydrogen-bond donors (Lipinski definition) is 0. The van der Waals surface area contributed by atoms with Crippen molar-refractivity contribution in [2.24, 2.45) is 0 Å². The van der Waals surface area contributed by atoms with Gasteiger partial charge in [0.1, 0.15) is 6.17 Å². The third-order valence-electron chi connectivity index (χ3n) is 7.07. The maximum absolute atomic E-state index is 2.68. The third kappa shape index (κ3) is 14.9. The van der Waals surface area contributed by atoms with Crippen molar-refractivity contribution in [2.45, 2.75) is 162 Å². The van der Waals surface area contributed by atoms with E-state index in [1.165, 1.54) is 148 Å². The SMILES string of the molecule is CCCCCCCCCCC1N(CCCCCCC)C=CN1CCCCCCCCC. The van der Waals surface area contributed by atoms with Crippen LogP contribution in [0, 0.1) is 0 Å². The van der Waals surface area contributed by atoms with Crippen molar-refractivity contribution in [3.8, 4) is 0 Å². The minimum Gasteiger partial charge on any atom is -0.356 e. The summed E-state index contributed by atoms with van der Waals surface area (Å²) in [5.41, 5.74) is 0. The molecule has 1 rings (SSSR count). The van der Waals surface area contributed by atoms with E-state index >= 15 is 0 Å². The van der Waals surface area contributed by atoms with E-state index in [4.69, 9.17) is 0 Å². The Morgan fingerprint density at radius 1 is 0.419 bits per heavy atom.